The van der Waals surface area contributed by atoms with Gasteiger partial charge in [0.1, 0.15) is 0 Å². The van der Waals surface area contributed by atoms with Crippen LogP contribution in [-0.2, 0) is 21.4 Å². The summed E-state index contributed by atoms with van der Waals surface area (Å²) in [5.74, 6) is -0.132. The molecule has 1 amide bonds. The molecule has 1 heterocycles. The predicted molar refractivity (Wildman–Crippen MR) is 73.3 cm³/mol. The summed E-state index contributed by atoms with van der Waals surface area (Å²) >= 11 is 0. The molecule has 110 valence electrons. The van der Waals surface area contributed by atoms with E-state index in [1.807, 2.05) is 0 Å². The highest BCUT2D eigenvalue weighted by Gasteiger charge is 2.31. The van der Waals surface area contributed by atoms with Gasteiger partial charge in [-0.1, -0.05) is 12.1 Å². The predicted octanol–water partition coefficient (Wildman–Crippen LogP) is 0.0780. The molecule has 0 aliphatic carbocycles. The maximum atomic E-state index is 12.3. The Kier molecular flexibility index (Phi) is 4.42. The molecule has 0 saturated carbocycles. The quantitative estimate of drug-likeness (QED) is 0.824. The van der Waals surface area contributed by atoms with E-state index in [1.54, 1.807) is 12.1 Å². The fraction of sp³-hybridized carbons (Fsp3) is 0.462. The van der Waals surface area contributed by atoms with Crippen LogP contribution in [-0.4, -0.2) is 42.9 Å². The molecule has 1 aliphatic heterocycles. The minimum Gasteiger partial charge on any atom is -0.392 e. The maximum absolute atomic E-state index is 12.3. The zero-order chi connectivity index (χ0) is 14.8. The molecule has 2 rings (SSSR count). The lowest BCUT2D eigenvalue weighted by Gasteiger charge is -2.16. The monoisotopic (exact) mass is 298 g/mol. The minimum absolute atomic E-state index is 0.132. The van der Waals surface area contributed by atoms with Crippen molar-refractivity contribution >= 4 is 15.9 Å². The molecule has 1 aromatic carbocycles. The summed E-state index contributed by atoms with van der Waals surface area (Å²) in [5, 5.41) is 12.1. The highest BCUT2D eigenvalue weighted by molar-refractivity contribution is 7.89. The molecular weight excluding hydrogens is 280 g/mol. The first-order valence-electron chi connectivity index (χ1n) is 6.41. The van der Waals surface area contributed by atoms with Crippen LogP contribution in [0.5, 0.6) is 0 Å². The average Bonchev–Trinajstić information content (AvgIpc) is 2.84. The molecule has 0 spiro atoms. The molecule has 0 bridgehead atoms. The summed E-state index contributed by atoms with van der Waals surface area (Å²) in [6.07, 6.45) is -0.108. The van der Waals surface area contributed by atoms with E-state index in [-0.39, 0.29) is 17.3 Å². The molecule has 1 aliphatic rings. The smallest absolute Gasteiger partial charge is 0.243 e. The van der Waals surface area contributed by atoms with Crippen LogP contribution in [0, 0.1) is 0 Å². The van der Waals surface area contributed by atoms with Gasteiger partial charge < -0.3 is 10.4 Å². The second-order valence-corrected chi connectivity index (χ2v) is 6.80. The van der Waals surface area contributed by atoms with E-state index in [0.717, 1.165) is 5.56 Å². The van der Waals surface area contributed by atoms with Crippen molar-refractivity contribution in [3.05, 3.63) is 29.8 Å². The molecule has 0 unspecified atom stereocenters. The van der Waals surface area contributed by atoms with Crippen molar-refractivity contribution in [1.82, 2.24) is 9.62 Å². The third-order valence-electron chi connectivity index (χ3n) is 3.23. The molecular formula is C13H18N2O4S. The maximum Gasteiger partial charge on any atom is 0.243 e. The Hall–Kier alpha value is -1.44. The number of rotatable bonds is 4. The lowest BCUT2D eigenvalue weighted by atomic mass is 10.2. The number of sulfonamides is 1. The normalized spacial score (nSPS) is 20.0. The van der Waals surface area contributed by atoms with Crippen LogP contribution in [0.25, 0.3) is 0 Å². The first-order chi connectivity index (χ1) is 9.39. The largest absolute Gasteiger partial charge is 0.392 e. The molecule has 0 radical (unpaired) electrons. The van der Waals surface area contributed by atoms with E-state index in [0.29, 0.717) is 19.5 Å². The van der Waals surface area contributed by atoms with E-state index >= 15 is 0 Å². The highest BCUT2D eigenvalue weighted by Crippen LogP contribution is 2.21. The van der Waals surface area contributed by atoms with Crippen molar-refractivity contribution in [2.24, 2.45) is 0 Å². The third-order valence-corrected chi connectivity index (χ3v) is 5.11. The van der Waals surface area contributed by atoms with Crippen LogP contribution in [0.2, 0.25) is 0 Å². The Morgan fingerprint density at radius 3 is 2.55 bits per heavy atom. The van der Waals surface area contributed by atoms with Crippen molar-refractivity contribution < 1.29 is 18.3 Å². The van der Waals surface area contributed by atoms with Gasteiger partial charge in [0.15, 0.2) is 0 Å². The Morgan fingerprint density at radius 2 is 2.05 bits per heavy atom. The number of aliphatic hydroxyl groups is 1. The van der Waals surface area contributed by atoms with Gasteiger partial charge in [0, 0.05) is 26.6 Å². The molecule has 0 aromatic heterocycles. The van der Waals surface area contributed by atoms with Crippen molar-refractivity contribution in [2.75, 3.05) is 13.1 Å². The van der Waals surface area contributed by atoms with Crippen LogP contribution >= 0.6 is 0 Å². The van der Waals surface area contributed by atoms with Crippen LogP contribution in [0.1, 0.15) is 18.9 Å². The van der Waals surface area contributed by atoms with Crippen molar-refractivity contribution in [3.8, 4) is 0 Å². The summed E-state index contributed by atoms with van der Waals surface area (Å²) in [6.45, 7) is 2.29. The van der Waals surface area contributed by atoms with Crippen molar-refractivity contribution in [2.45, 2.75) is 30.9 Å². The SMILES string of the molecule is CC(=O)NCc1ccc(S(=O)(=O)N2CC[C@H](O)C2)cc1. The van der Waals surface area contributed by atoms with Gasteiger partial charge in [-0.2, -0.15) is 4.31 Å². The van der Waals surface area contributed by atoms with E-state index < -0.39 is 16.1 Å². The van der Waals surface area contributed by atoms with Gasteiger partial charge in [-0.3, -0.25) is 4.79 Å². The summed E-state index contributed by atoms with van der Waals surface area (Å²) in [5.41, 5.74) is 0.834. The second kappa shape index (κ2) is 5.90. The number of nitrogens with zero attached hydrogens (tertiary/aromatic N) is 1. The third kappa shape index (κ3) is 3.36. The number of carbonyl (C=O) groups excluding carboxylic acids is 1. The fourth-order valence-corrected chi connectivity index (χ4v) is 3.58. The summed E-state index contributed by atoms with van der Waals surface area (Å²) < 4.78 is 25.9. The van der Waals surface area contributed by atoms with Gasteiger partial charge in [-0.05, 0) is 24.1 Å². The number of β-amino-alcohol motifs (C(OH)–C–C–N with tert-alkyl or cyclic N) is 1. The number of carbonyl (C=O) groups is 1. The van der Waals surface area contributed by atoms with Gasteiger partial charge in [0.25, 0.3) is 0 Å². The number of amides is 1. The standard InChI is InChI=1S/C13H18N2O4S/c1-10(16)14-8-11-2-4-13(5-3-11)20(18,19)15-7-6-12(17)9-15/h2-5,12,17H,6-9H2,1H3,(H,14,16)/t12-/m0/s1. The Labute approximate surface area is 118 Å². The Morgan fingerprint density at radius 1 is 1.40 bits per heavy atom. The molecule has 1 atom stereocenters. The molecule has 7 heteroatoms. The highest BCUT2D eigenvalue weighted by atomic mass is 32.2. The summed E-state index contributed by atoms with van der Waals surface area (Å²) in [6, 6.07) is 6.40. The zero-order valence-electron chi connectivity index (χ0n) is 11.2. The molecule has 2 N–H and O–H groups in total. The lowest BCUT2D eigenvalue weighted by molar-refractivity contribution is -0.119. The van der Waals surface area contributed by atoms with Gasteiger partial charge in [-0.25, -0.2) is 8.42 Å². The molecule has 6 nitrogen and oxygen atoms in total. The van der Waals surface area contributed by atoms with Crippen LogP contribution < -0.4 is 5.32 Å². The Bertz CT molecular complexity index is 583. The summed E-state index contributed by atoms with van der Waals surface area (Å²) in [7, 11) is -3.53. The van der Waals surface area contributed by atoms with Gasteiger partial charge in [-0.15, -0.1) is 0 Å². The minimum atomic E-state index is -3.53. The second-order valence-electron chi connectivity index (χ2n) is 4.86. The van der Waals surface area contributed by atoms with E-state index in [4.69, 9.17) is 0 Å². The average molecular weight is 298 g/mol. The van der Waals surface area contributed by atoms with Crippen LogP contribution in [0.15, 0.2) is 29.2 Å². The number of benzene rings is 1. The fourth-order valence-electron chi connectivity index (χ4n) is 2.08. The summed E-state index contributed by atoms with van der Waals surface area (Å²) in [4.78, 5) is 11.0. The topological polar surface area (TPSA) is 86.7 Å². The van der Waals surface area contributed by atoms with Crippen molar-refractivity contribution in [1.29, 1.82) is 0 Å². The van der Waals surface area contributed by atoms with Crippen LogP contribution in [0.3, 0.4) is 0 Å². The number of hydrogen-bond donors (Lipinski definition) is 2. The molecule has 20 heavy (non-hydrogen) atoms. The first kappa shape index (κ1) is 15.0. The Balaban J connectivity index is 2.11. The molecule has 1 saturated heterocycles. The van der Waals surface area contributed by atoms with Gasteiger partial charge in [0.2, 0.25) is 15.9 Å². The van der Waals surface area contributed by atoms with Gasteiger partial charge in [0.05, 0.1) is 11.0 Å². The number of nitrogens with one attached hydrogen (secondary N) is 1. The van der Waals surface area contributed by atoms with E-state index in [9.17, 15) is 18.3 Å². The molecule has 1 fully saturated rings. The zero-order valence-corrected chi connectivity index (χ0v) is 12.1. The van der Waals surface area contributed by atoms with Gasteiger partial charge >= 0.3 is 0 Å². The van der Waals surface area contributed by atoms with E-state index in [2.05, 4.69) is 5.32 Å². The van der Waals surface area contributed by atoms with Crippen molar-refractivity contribution in [3.63, 3.8) is 0 Å². The number of aliphatic hydroxyl groups excluding tert-OH is 1. The van der Waals surface area contributed by atoms with E-state index in [1.165, 1.54) is 23.4 Å². The number of hydrogen-bond acceptors (Lipinski definition) is 4. The molecule has 1 aromatic rings. The van der Waals surface area contributed by atoms with Crippen LogP contribution in [0.4, 0.5) is 0 Å². The first-order valence-corrected chi connectivity index (χ1v) is 7.85. The lowest BCUT2D eigenvalue weighted by Crippen LogP contribution is -2.29.